The Balaban J connectivity index is 1.84. The number of hydrogen-bond donors (Lipinski definition) is 1. The van der Waals surface area contributed by atoms with Crippen molar-refractivity contribution < 1.29 is 0 Å². The average Bonchev–Trinajstić information content (AvgIpc) is 2.45. The highest BCUT2D eigenvalue weighted by atomic mass is 15.3. The molecule has 0 aliphatic carbocycles. The van der Waals surface area contributed by atoms with Gasteiger partial charge in [0.25, 0.3) is 0 Å². The van der Waals surface area contributed by atoms with Gasteiger partial charge in [-0.1, -0.05) is 12.1 Å². The maximum absolute atomic E-state index is 5.88. The van der Waals surface area contributed by atoms with E-state index >= 15 is 0 Å². The minimum atomic E-state index is 0.555. The van der Waals surface area contributed by atoms with E-state index in [1.807, 2.05) is 12.1 Å². The summed E-state index contributed by atoms with van der Waals surface area (Å²) >= 11 is 0. The zero-order valence-corrected chi connectivity index (χ0v) is 13.8. The molecule has 0 unspecified atom stereocenters. The van der Waals surface area contributed by atoms with Crippen LogP contribution in [0.5, 0.6) is 0 Å². The van der Waals surface area contributed by atoms with E-state index in [0.29, 0.717) is 6.04 Å². The molecule has 0 amide bonds. The third kappa shape index (κ3) is 5.30. The molecule has 21 heavy (non-hydrogen) atoms. The van der Waals surface area contributed by atoms with E-state index in [9.17, 15) is 0 Å². The Morgan fingerprint density at radius 2 is 1.90 bits per heavy atom. The molecule has 0 spiro atoms. The van der Waals surface area contributed by atoms with Crippen molar-refractivity contribution in [1.29, 1.82) is 0 Å². The largest absolute Gasteiger partial charge is 0.399 e. The van der Waals surface area contributed by atoms with Crippen molar-refractivity contribution in [2.45, 2.75) is 26.4 Å². The van der Waals surface area contributed by atoms with Crippen LogP contribution in [0.2, 0.25) is 0 Å². The number of nitrogens with zero attached hydrogens (tertiary/aromatic N) is 3. The number of hydrogen-bond acceptors (Lipinski definition) is 4. The Labute approximate surface area is 129 Å². The molecule has 4 heteroatoms. The monoisotopic (exact) mass is 290 g/mol. The summed E-state index contributed by atoms with van der Waals surface area (Å²) in [5.41, 5.74) is 8.05. The van der Waals surface area contributed by atoms with Gasteiger partial charge in [0.1, 0.15) is 0 Å². The maximum atomic E-state index is 5.88. The van der Waals surface area contributed by atoms with Gasteiger partial charge in [0.15, 0.2) is 0 Å². The van der Waals surface area contributed by atoms with Crippen LogP contribution in [0.4, 0.5) is 5.69 Å². The summed E-state index contributed by atoms with van der Waals surface area (Å²) in [4.78, 5) is 7.52. The number of nitrogens with two attached hydrogens (primary N) is 1. The molecular weight excluding hydrogens is 260 g/mol. The molecule has 0 saturated carbocycles. The van der Waals surface area contributed by atoms with Crippen LogP contribution < -0.4 is 5.73 Å². The first-order valence-corrected chi connectivity index (χ1v) is 8.04. The second-order valence-corrected chi connectivity index (χ2v) is 6.45. The fourth-order valence-corrected chi connectivity index (χ4v) is 2.79. The zero-order valence-electron chi connectivity index (χ0n) is 13.8. The highest BCUT2D eigenvalue weighted by molar-refractivity contribution is 5.40. The van der Waals surface area contributed by atoms with Crippen molar-refractivity contribution in [3.05, 3.63) is 29.8 Å². The number of piperazine rings is 1. The molecule has 4 nitrogen and oxygen atoms in total. The van der Waals surface area contributed by atoms with Crippen molar-refractivity contribution in [2.75, 3.05) is 52.0 Å². The van der Waals surface area contributed by atoms with Crippen LogP contribution in [0.25, 0.3) is 0 Å². The van der Waals surface area contributed by atoms with Gasteiger partial charge in [-0.15, -0.1) is 0 Å². The van der Waals surface area contributed by atoms with Crippen molar-refractivity contribution in [3.8, 4) is 0 Å². The van der Waals surface area contributed by atoms with E-state index in [1.165, 1.54) is 31.7 Å². The quantitative estimate of drug-likeness (QED) is 0.809. The first-order chi connectivity index (χ1) is 10.0. The van der Waals surface area contributed by atoms with Crippen molar-refractivity contribution in [2.24, 2.45) is 0 Å². The molecule has 1 heterocycles. The van der Waals surface area contributed by atoms with Gasteiger partial charge in [-0.3, -0.25) is 9.80 Å². The Kier molecular flexibility index (Phi) is 6.03. The minimum Gasteiger partial charge on any atom is -0.399 e. The smallest absolute Gasteiger partial charge is 0.0317 e. The van der Waals surface area contributed by atoms with Gasteiger partial charge in [0.05, 0.1) is 0 Å². The van der Waals surface area contributed by atoms with Crippen LogP contribution in [-0.2, 0) is 6.54 Å². The molecular formula is C17H30N4. The van der Waals surface area contributed by atoms with Gasteiger partial charge in [-0.2, -0.15) is 0 Å². The lowest BCUT2D eigenvalue weighted by Crippen LogP contribution is -2.47. The van der Waals surface area contributed by atoms with E-state index in [2.05, 4.69) is 47.7 Å². The summed E-state index contributed by atoms with van der Waals surface area (Å²) in [5, 5.41) is 0. The van der Waals surface area contributed by atoms with E-state index in [4.69, 9.17) is 5.73 Å². The summed E-state index contributed by atoms with van der Waals surface area (Å²) in [5.74, 6) is 0. The summed E-state index contributed by atoms with van der Waals surface area (Å²) in [6, 6.07) is 8.81. The number of anilines is 1. The van der Waals surface area contributed by atoms with Crippen LogP contribution in [0.1, 0.15) is 19.4 Å². The Hall–Kier alpha value is -1.10. The molecule has 118 valence electrons. The lowest BCUT2D eigenvalue weighted by molar-refractivity contribution is 0.122. The molecule has 1 aliphatic heterocycles. The molecule has 0 radical (unpaired) electrons. The van der Waals surface area contributed by atoms with Gasteiger partial charge in [-0.25, -0.2) is 0 Å². The topological polar surface area (TPSA) is 35.7 Å². The van der Waals surface area contributed by atoms with Crippen molar-refractivity contribution >= 4 is 5.69 Å². The predicted octanol–water partition coefficient (Wildman–Crippen LogP) is 1.73. The van der Waals surface area contributed by atoms with E-state index < -0.39 is 0 Å². The first kappa shape index (κ1) is 16.3. The van der Waals surface area contributed by atoms with Gasteiger partial charge < -0.3 is 10.6 Å². The minimum absolute atomic E-state index is 0.555. The molecule has 2 rings (SSSR count). The SMILES string of the molecule is CC(C)N(CCN1CCN(C)CC1)Cc1cccc(N)c1. The first-order valence-electron chi connectivity index (χ1n) is 8.04. The third-order valence-electron chi connectivity index (χ3n) is 4.37. The lowest BCUT2D eigenvalue weighted by Gasteiger charge is -2.35. The standard InChI is InChI=1S/C17H30N4/c1-15(2)21(14-16-5-4-6-17(18)13-16)12-11-20-9-7-19(3)8-10-20/h4-6,13,15H,7-12,14,18H2,1-3H3. The summed E-state index contributed by atoms with van der Waals surface area (Å²) < 4.78 is 0. The summed E-state index contributed by atoms with van der Waals surface area (Å²) in [6.45, 7) is 12.6. The highest BCUT2D eigenvalue weighted by Gasteiger charge is 2.16. The normalized spacial score (nSPS) is 17.8. The highest BCUT2D eigenvalue weighted by Crippen LogP contribution is 2.12. The van der Waals surface area contributed by atoms with Gasteiger partial charge in [0.2, 0.25) is 0 Å². The number of rotatable bonds is 6. The Morgan fingerprint density at radius 1 is 1.19 bits per heavy atom. The van der Waals surface area contributed by atoms with Crippen molar-refractivity contribution in [3.63, 3.8) is 0 Å². The molecule has 1 fully saturated rings. The molecule has 1 saturated heterocycles. The van der Waals surface area contributed by atoms with Crippen LogP contribution in [-0.4, -0.2) is 67.1 Å². The summed E-state index contributed by atoms with van der Waals surface area (Å²) in [7, 11) is 2.21. The molecule has 0 atom stereocenters. The second-order valence-electron chi connectivity index (χ2n) is 6.45. The predicted molar refractivity (Wildman–Crippen MR) is 90.3 cm³/mol. The van der Waals surface area contributed by atoms with E-state index in [0.717, 1.165) is 25.3 Å². The van der Waals surface area contributed by atoms with Crippen LogP contribution in [0.3, 0.4) is 0 Å². The van der Waals surface area contributed by atoms with Gasteiger partial charge >= 0.3 is 0 Å². The van der Waals surface area contributed by atoms with Crippen LogP contribution >= 0.6 is 0 Å². The fourth-order valence-electron chi connectivity index (χ4n) is 2.79. The zero-order chi connectivity index (χ0) is 15.2. The molecule has 0 aromatic heterocycles. The Bertz CT molecular complexity index is 425. The summed E-state index contributed by atoms with van der Waals surface area (Å²) in [6.07, 6.45) is 0. The average molecular weight is 290 g/mol. The Morgan fingerprint density at radius 3 is 2.52 bits per heavy atom. The fraction of sp³-hybridized carbons (Fsp3) is 0.647. The molecule has 1 aromatic rings. The third-order valence-corrected chi connectivity index (χ3v) is 4.37. The van der Waals surface area contributed by atoms with E-state index in [-0.39, 0.29) is 0 Å². The number of likely N-dealkylation sites (N-methyl/N-ethyl adjacent to an activating group) is 1. The number of nitrogen functional groups attached to an aromatic ring is 1. The van der Waals surface area contributed by atoms with Gasteiger partial charge in [0, 0.05) is 57.5 Å². The van der Waals surface area contributed by atoms with Gasteiger partial charge in [-0.05, 0) is 38.6 Å². The van der Waals surface area contributed by atoms with Crippen LogP contribution in [0.15, 0.2) is 24.3 Å². The second kappa shape index (κ2) is 7.78. The van der Waals surface area contributed by atoms with E-state index in [1.54, 1.807) is 0 Å². The lowest BCUT2D eigenvalue weighted by atomic mass is 10.1. The maximum Gasteiger partial charge on any atom is 0.0317 e. The molecule has 2 N–H and O–H groups in total. The number of benzene rings is 1. The van der Waals surface area contributed by atoms with Crippen LogP contribution in [0, 0.1) is 0 Å². The molecule has 1 aliphatic rings. The molecule has 1 aromatic carbocycles. The van der Waals surface area contributed by atoms with Crippen molar-refractivity contribution in [1.82, 2.24) is 14.7 Å². The molecule has 0 bridgehead atoms.